The van der Waals surface area contributed by atoms with Crippen LogP contribution in [0.5, 0.6) is 0 Å². The average molecular weight is 291 g/mol. The topological polar surface area (TPSA) is 70.1 Å². The molecule has 0 fully saturated rings. The summed E-state index contributed by atoms with van der Waals surface area (Å²) in [6.07, 6.45) is 0.556. The summed E-state index contributed by atoms with van der Waals surface area (Å²) in [5.41, 5.74) is 10.7. The number of amides is 1. The van der Waals surface area contributed by atoms with Gasteiger partial charge in [0, 0.05) is 25.6 Å². The molecule has 4 nitrogen and oxygen atoms in total. The Labute approximate surface area is 129 Å². The van der Waals surface area contributed by atoms with E-state index in [4.69, 9.17) is 11.0 Å². The number of hydrogen-bond acceptors (Lipinski definition) is 3. The maximum absolute atomic E-state index is 11.9. The Hall–Kier alpha value is -2.64. The lowest BCUT2D eigenvalue weighted by Crippen LogP contribution is -2.19. The van der Waals surface area contributed by atoms with Crippen LogP contribution in [-0.2, 0) is 13.0 Å². The first-order valence-electron chi connectivity index (χ1n) is 7.21. The zero-order valence-corrected chi connectivity index (χ0v) is 12.4. The quantitative estimate of drug-likeness (QED) is 0.943. The summed E-state index contributed by atoms with van der Waals surface area (Å²) in [7, 11) is 1.81. The number of nitrogens with two attached hydrogens (primary N) is 1. The molecule has 3 rings (SSSR count). The summed E-state index contributed by atoms with van der Waals surface area (Å²) >= 11 is 0. The molecule has 0 aliphatic carbocycles. The second kappa shape index (κ2) is 5.63. The molecule has 0 radical (unpaired) electrons. The molecule has 0 spiro atoms. The molecule has 4 heteroatoms. The highest BCUT2D eigenvalue weighted by Gasteiger charge is 2.24. The van der Waals surface area contributed by atoms with Crippen LogP contribution in [-0.4, -0.2) is 23.9 Å². The van der Waals surface area contributed by atoms with E-state index in [9.17, 15) is 4.79 Å². The van der Waals surface area contributed by atoms with E-state index in [1.54, 1.807) is 4.90 Å². The van der Waals surface area contributed by atoms with Gasteiger partial charge in [-0.05, 0) is 34.4 Å². The van der Waals surface area contributed by atoms with Gasteiger partial charge in [-0.15, -0.1) is 0 Å². The van der Waals surface area contributed by atoms with Crippen molar-refractivity contribution >= 4 is 5.91 Å². The molecule has 1 aliphatic rings. The van der Waals surface area contributed by atoms with Crippen molar-refractivity contribution in [2.45, 2.75) is 19.0 Å². The van der Waals surface area contributed by atoms with Crippen LogP contribution in [0, 0.1) is 11.3 Å². The third-order valence-corrected chi connectivity index (χ3v) is 4.00. The van der Waals surface area contributed by atoms with Crippen LogP contribution in [0.25, 0.3) is 11.1 Å². The van der Waals surface area contributed by atoms with E-state index in [-0.39, 0.29) is 5.91 Å². The molecule has 0 unspecified atom stereocenters. The van der Waals surface area contributed by atoms with Gasteiger partial charge in [0.05, 0.1) is 12.1 Å². The molecule has 1 heterocycles. The third-order valence-electron chi connectivity index (χ3n) is 4.00. The second-order valence-electron chi connectivity index (χ2n) is 5.67. The summed E-state index contributed by atoms with van der Waals surface area (Å²) in [5.74, 6) is 0.0855. The van der Waals surface area contributed by atoms with E-state index in [1.807, 2.05) is 49.5 Å². The highest BCUT2D eigenvalue weighted by Crippen LogP contribution is 2.28. The predicted octanol–water partition coefficient (Wildman–Crippen LogP) is 2.33. The summed E-state index contributed by atoms with van der Waals surface area (Å²) in [4.78, 5) is 13.6. The van der Waals surface area contributed by atoms with E-state index < -0.39 is 6.04 Å². The number of carbonyl (C=O) groups is 1. The van der Waals surface area contributed by atoms with Crippen LogP contribution in [0.3, 0.4) is 0 Å². The minimum atomic E-state index is -0.465. The molecule has 1 atom stereocenters. The maximum atomic E-state index is 11.9. The third kappa shape index (κ3) is 2.59. The largest absolute Gasteiger partial charge is 0.337 e. The standard InChI is InChI=1S/C18H17N3O/c1-21-11-15-9-14(6-7-17(15)18(21)22)13-4-2-12(3-5-13)8-16(20)10-19/h2-7,9,16H,8,11,20H2,1H3/t16-/m0/s1. The van der Waals surface area contributed by atoms with Crippen molar-refractivity contribution in [1.82, 2.24) is 4.90 Å². The lowest BCUT2D eigenvalue weighted by Gasteiger charge is -2.07. The molecule has 0 bridgehead atoms. The van der Waals surface area contributed by atoms with Gasteiger partial charge in [0.15, 0.2) is 0 Å². The van der Waals surface area contributed by atoms with E-state index in [1.165, 1.54) is 0 Å². The van der Waals surface area contributed by atoms with Crippen molar-refractivity contribution in [2.24, 2.45) is 5.73 Å². The molecule has 1 amide bonds. The number of fused-ring (bicyclic) bond motifs is 1. The first-order chi connectivity index (χ1) is 10.6. The lowest BCUT2D eigenvalue weighted by atomic mass is 9.98. The zero-order valence-electron chi connectivity index (χ0n) is 12.4. The van der Waals surface area contributed by atoms with Crippen LogP contribution in [0.1, 0.15) is 21.5 Å². The number of hydrogen-bond donors (Lipinski definition) is 1. The fourth-order valence-corrected chi connectivity index (χ4v) is 2.78. The Morgan fingerprint density at radius 1 is 1.23 bits per heavy atom. The van der Waals surface area contributed by atoms with Crippen LogP contribution in [0.2, 0.25) is 0 Å². The average Bonchev–Trinajstić information content (AvgIpc) is 2.82. The summed E-state index contributed by atoms with van der Waals surface area (Å²) in [5, 5.41) is 8.75. The highest BCUT2D eigenvalue weighted by molar-refractivity contribution is 5.98. The van der Waals surface area contributed by atoms with Crippen molar-refractivity contribution in [3.8, 4) is 17.2 Å². The zero-order chi connectivity index (χ0) is 15.7. The normalized spacial score (nSPS) is 14.6. The Balaban J connectivity index is 1.85. The number of nitrogens with zero attached hydrogens (tertiary/aromatic N) is 2. The maximum Gasteiger partial charge on any atom is 0.254 e. The Kier molecular flexibility index (Phi) is 3.66. The van der Waals surface area contributed by atoms with Gasteiger partial charge in [-0.3, -0.25) is 4.79 Å². The summed E-state index contributed by atoms with van der Waals surface area (Å²) in [6.45, 7) is 0.664. The molecular weight excluding hydrogens is 274 g/mol. The molecule has 2 aromatic carbocycles. The molecule has 1 aliphatic heterocycles. The molecule has 0 saturated heterocycles. The predicted molar refractivity (Wildman–Crippen MR) is 85.0 cm³/mol. The minimum Gasteiger partial charge on any atom is -0.337 e. The minimum absolute atomic E-state index is 0.0855. The van der Waals surface area contributed by atoms with Gasteiger partial charge in [-0.2, -0.15) is 5.26 Å². The van der Waals surface area contributed by atoms with Crippen LogP contribution < -0.4 is 5.73 Å². The first kappa shape index (κ1) is 14.3. The Bertz CT molecular complexity index is 759. The fraction of sp³-hybridized carbons (Fsp3) is 0.222. The second-order valence-corrected chi connectivity index (χ2v) is 5.67. The number of rotatable bonds is 3. The van der Waals surface area contributed by atoms with Crippen molar-refractivity contribution in [1.29, 1.82) is 5.26 Å². The SMILES string of the molecule is CN1Cc2cc(-c3ccc(C[C@H](N)C#N)cc3)ccc2C1=O. The molecule has 2 N–H and O–H groups in total. The summed E-state index contributed by atoms with van der Waals surface area (Å²) in [6, 6.07) is 15.6. The molecule has 22 heavy (non-hydrogen) atoms. The van der Waals surface area contributed by atoms with Crippen molar-refractivity contribution in [3.63, 3.8) is 0 Å². The van der Waals surface area contributed by atoms with E-state index in [0.29, 0.717) is 13.0 Å². The molecule has 0 aromatic heterocycles. The molecule has 110 valence electrons. The van der Waals surface area contributed by atoms with E-state index in [2.05, 4.69) is 6.07 Å². The van der Waals surface area contributed by atoms with Crippen LogP contribution >= 0.6 is 0 Å². The van der Waals surface area contributed by atoms with Gasteiger partial charge >= 0.3 is 0 Å². The Morgan fingerprint density at radius 2 is 1.91 bits per heavy atom. The highest BCUT2D eigenvalue weighted by atomic mass is 16.2. The fourth-order valence-electron chi connectivity index (χ4n) is 2.78. The van der Waals surface area contributed by atoms with E-state index in [0.717, 1.165) is 27.8 Å². The first-order valence-corrected chi connectivity index (χ1v) is 7.21. The van der Waals surface area contributed by atoms with Gasteiger partial charge in [-0.1, -0.05) is 30.3 Å². The van der Waals surface area contributed by atoms with Gasteiger partial charge in [0.25, 0.3) is 5.91 Å². The number of benzene rings is 2. The van der Waals surface area contributed by atoms with Gasteiger partial charge in [0.2, 0.25) is 0 Å². The van der Waals surface area contributed by atoms with Gasteiger partial charge in [0.1, 0.15) is 0 Å². The van der Waals surface area contributed by atoms with Crippen LogP contribution in [0.4, 0.5) is 0 Å². The molecule has 2 aromatic rings. The monoisotopic (exact) mass is 291 g/mol. The molecular formula is C18H17N3O. The van der Waals surface area contributed by atoms with Gasteiger partial charge < -0.3 is 10.6 Å². The lowest BCUT2D eigenvalue weighted by molar-refractivity contribution is 0.0816. The molecule has 0 saturated carbocycles. The van der Waals surface area contributed by atoms with Crippen molar-refractivity contribution < 1.29 is 4.79 Å². The van der Waals surface area contributed by atoms with Gasteiger partial charge in [-0.25, -0.2) is 0 Å². The van der Waals surface area contributed by atoms with Crippen molar-refractivity contribution in [3.05, 3.63) is 59.2 Å². The number of nitriles is 1. The van der Waals surface area contributed by atoms with Crippen LogP contribution in [0.15, 0.2) is 42.5 Å². The summed E-state index contributed by atoms with van der Waals surface area (Å²) < 4.78 is 0. The smallest absolute Gasteiger partial charge is 0.254 e. The van der Waals surface area contributed by atoms with E-state index >= 15 is 0 Å². The number of carbonyl (C=O) groups excluding carboxylic acids is 1. The Morgan fingerprint density at radius 3 is 2.59 bits per heavy atom. The van der Waals surface area contributed by atoms with Crippen molar-refractivity contribution in [2.75, 3.05) is 7.05 Å².